The Morgan fingerprint density at radius 2 is 0.910 bits per heavy atom. The molecule has 0 saturated heterocycles. The van der Waals surface area contributed by atoms with Crippen molar-refractivity contribution < 1.29 is 0 Å². The van der Waals surface area contributed by atoms with Gasteiger partial charge in [0.1, 0.15) is 0 Å². The molecular weight excluding hydrogens is 942 g/mol. The minimum atomic E-state index is -0.209. The van der Waals surface area contributed by atoms with Gasteiger partial charge in [0.15, 0.2) is 0 Å². The van der Waals surface area contributed by atoms with Gasteiger partial charge in [0.2, 0.25) is 0 Å². The van der Waals surface area contributed by atoms with E-state index in [4.69, 9.17) is 0 Å². The number of benzene rings is 11. The number of hydrogen-bond acceptors (Lipinski definition) is 2. The van der Waals surface area contributed by atoms with Crippen LogP contribution in [0.25, 0.3) is 72.0 Å². The maximum absolute atomic E-state index is 2.69. The summed E-state index contributed by atoms with van der Waals surface area (Å²) in [7, 11) is 0. The zero-order valence-electron chi connectivity index (χ0n) is 44.8. The molecule has 4 heteroatoms. The van der Waals surface area contributed by atoms with E-state index in [0.717, 1.165) is 30.6 Å². The van der Waals surface area contributed by atoms with E-state index >= 15 is 0 Å². The second-order valence-electron chi connectivity index (χ2n) is 22.3. The zero-order chi connectivity index (χ0) is 52.5. The lowest BCUT2D eigenvalue weighted by atomic mass is 9.33. The number of rotatable bonds is 10. The van der Waals surface area contributed by atoms with Gasteiger partial charge in [-0.05, 0) is 128 Å². The minimum Gasteiger partial charge on any atom is -0.311 e. The molecular formula is C74H60BN3. The molecule has 0 N–H and O–H groups in total. The molecule has 0 fully saturated rings. The summed E-state index contributed by atoms with van der Waals surface area (Å²) < 4.78 is 2.48. The highest BCUT2D eigenvalue weighted by Crippen LogP contribution is 2.52. The highest BCUT2D eigenvalue weighted by molar-refractivity contribution is 7.00. The SMILES string of the molecule is CCCCc1ccc(-c2ccccc2)cc1N1c2ccc(-c3ccccc3)cc2B2c3ccc(-n4c5ccccc5c5ccccc54)cc3N(c3c(-c4ccccc4)cccc3-c3ccccc3)c3cc(C(C)(C)C)cc1c32. The van der Waals surface area contributed by atoms with Crippen molar-refractivity contribution in [3.8, 4) is 50.2 Å². The second-order valence-corrected chi connectivity index (χ2v) is 22.3. The van der Waals surface area contributed by atoms with Gasteiger partial charge in [-0.1, -0.05) is 240 Å². The van der Waals surface area contributed by atoms with Crippen molar-refractivity contribution in [3.05, 3.63) is 266 Å². The summed E-state index contributed by atoms with van der Waals surface area (Å²) in [6, 6.07) is 95.7. The molecule has 0 amide bonds. The number of hydrogen-bond donors (Lipinski definition) is 0. The smallest absolute Gasteiger partial charge is 0.252 e. The van der Waals surface area contributed by atoms with Crippen molar-refractivity contribution >= 4 is 79.0 Å². The van der Waals surface area contributed by atoms with Gasteiger partial charge in [0, 0.05) is 56.0 Å². The summed E-state index contributed by atoms with van der Waals surface area (Å²) >= 11 is 0. The first-order chi connectivity index (χ1) is 38.3. The van der Waals surface area contributed by atoms with E-state index in [9.17, 15) is 0 Å². The molecule has 1 aromatic heterocycles. The van der Waals surface area contributed by atoms with Gasteiger partial charge >= 0.3 is 0 Å². The maximum atomic E-state index is 2.69. The molecule has 0 atom stereocenters. The maximum Gasteiger partial charge on any atom is 0.252 e. The topological polar surface area (TPSA) is 11.4 Å². The molecule has 11 aromatic carbocycles. The van der Waals surface area contributed by atoms with E-state index < -0.39 is 0 Å². The van der Waals surface area contributed by atoms with E-state index in [0.29, 0.717) is 0 Å². The molecule has 374 valence electrons. The Bertz CT molecular complexity index is 4120. The Morgan fingerprint density at radius 1 is 0.385 bits per heavy atom. The fraction of sp³-hybridized carbons (Fsp3) is 0.108. The first-order valence-corrected chi connectivity index (χ1v) is 27.8. The van der Waals surface area contributed by atoms with Crippen LogP contribution >= 0.6 is 0 Å². The molecule has 0 aliphatic carbocycles. The van der Waals surface area contributed by atoms with Gasteiger partial charge in [0.25, 0.3) is 6.71 Å². The lowest BCUT2D eigenvalue weighted by Gasteiger charge is -2.46. The molecule has 0 bridgehead atoms. The largest absolute Gasteiger partial charge is 0.311 e. The minimum absolute atomic E-state index is 0.113. The molecule has 2 aliphatic heterocycles. The number of fused-ring (bicyclic) bond motifs is 7. The van der Waals surface area contributed by atoms with Crippen molar-refractivity contribution in [2.75, 3.05) is 9.80 Å². The van der Waals surface area contributed by atoms with E-state index in [1.165, 1.54) is 122 Å². The van der Waals surface area contributed by atoms with Gasteiger partial charge in [-0.25, -0.2) is 0 Å². The summed E-state index contributed by atoms with van der Waals surface area (Å²) in [4.78, 5) is 5.35. The van der Waals surface area contributed by atoms with Crippen LogP contribution in [-0.2, 0) is 11.8 Å². The molecule has 0 radical (unpaired) electrons. The first kappa shape index (κ1) is 47.3. The average Bonchev–Trinajstić information content (AvgIpc) is 2.90. The molecule has 78 heavy (non-hydrogen) atoms. The van der Waals surface area contributed by atoms with Crippen LogP contribution in [0.4, 0.5) is 34.1 Å². The molecule has 0 saturated carbocycles. The van der Waals surface area contributed by atoms with Crippen LogP contribution in [0.5, 0.6) is 0 Å². The number of nitrogens with zero attached hydrogens (tertiary/aromatic N) is 3. The van der Waals surface area contributed by atoms with Gasteiger partial charge in [-0.15, -0.1) is 0 Å². The Hall–Kier alpha value is -9.12. The zero-order valence-corrected chi connectivity index (χ0v) is 44.8. The third-order valence-electron chi connectivity index (χ3n) is 16.5. The summed E-state index contributed by atoms with van der Waals surface area (Å²) in [5.41, 5.74) is 26.6. The first-order valence-electron chi connectivity index (χ1n) is 27.8. The van der Waals surface area contributed by atoms with Gasteiger partial charge < -0.3 is 14.4 Å². The lowest BCUT2D eigenvalue weighted by Crippen LogP contribution is -2.61. The third-order valence-corrected chi connectivity index (χ3v) is 16.5. The number of para-hydroxylation sites is 3. The van der Waals surface area contributed by atoms with Crippen molar-refractivity contribution in [3.63, 3.8) is 0 Å². The Kier molecular flexibility index (Phi) is 11.6. The summed E-state index contributed by atoms with van der Waals surface area (Å²) in [5, 5.41) is 2.50. The second kappa shape index (κ2) is 19.2. The van der Waals surface area contributed by atoms with Crippen LogP contribution in [0.1, 0.15) is 51.7 Å². The molecule has 14 rings (SSSR count). The highest BCUT2D eigenvalue weighted by Gasteiger charge is 2.45. The third kappa shape index (κ3) is 7.89. The van der Waals surface area contributed by atoms with Gasteiger partial charge in [-0.2, -0.15) is 0 Å². The van der Waals surface area contributed by atoms with E-state index in [-0.39, 0.29) is 12.1 Å². The highest BCUT2D eigenvalue weighted by atomic mass is 15.2. The van der Waals surface area contributed by atoms with Crippen LogP contribution in [0, 0.1) is 0 Å². The molecule has 2 aliphatic rings. The molecule has 0 unspecified atom stereocenters. The van der Waals surface area contributed by atoms with Gasteiger partial charge in [-0.3, -0.25) is 0 Å². The van der Waals surface area contributed by atoms with Crippen molar-refractivity contribution in [1.29, 1.82) is 0 Å². The molecule has 0 spiro atoms. The molecule has 12 aromatic rings. The van der Waals surface area contributed by atoms with Gasteiger partial charge in [0.05, 0.1) is 16.7 Å². The van der Waals surface area contributed by atoms with Crippen LogP contribution in [0.3, 0.4) is 0 Å². The van der Waals surface area contributed by atoms with Crippen LogP contribution in [0.2, 0.25) is 0 Å². The van der Waals surface area contributed by atoms with Crippen molar-refractivity contribution in [2.24, 2.45) is 0 Å². The summed E-state index contributed by atoms with van der Waals surface area (Å²) in [5.74, 6) is 0. The van der Waals surface area contributed by atoms with E-state index in [1.807, 2.05) is 0 Å². The van der Waals surface area contributed by atoms with Crippen molar-refractivity contribution in [2.45, 2.75) is 52.4 Å². The molecule has 3 nitrogen and oxygen atoms in total. The average molecular weight is 1000 g/mol. The number of unbranched alkanes of at least 4 members (excludes halogenated alkanes) is 1. The summed E-state index contributed by atoms with van der Waals surface area (Å²) in [6.45, 7) is 9.33. The Balaban J connectivity index is 1.15. The monoisotopic (exact) mass is 1000 g/mol. The quantitative estimate of drug-likeness (QED) is 0.127. The van der Waals surface area contributed by atoms with Crippen LogP contribution < -0.4 is 26.2 Å². The predicted molar refractivity (Wildman–Crippen MR) is 334 cm³/mol. The van der Waals surface area contributed by atoms with Crippen LogP contribution in [-0.4, -0.2) is 11.3 Å². The number of anilines is 6. The molecule has 3 heterocycles. The fourth-order valence-corrected chi connectivity index (χ4v) is 12.7. The number of aromatic nitrogens is 1. The predicted octanol–water partition coefficient (Wildman–Crippen LogP) is 18.2. The lowest BCUT2D eigenvalue weighted by molar-refractivity contribution is 0.590. The Labute approximate surface area is 459 Å². The normalized spacial score (nSPS) is 12.7. The number of aryl methyl sites for hydroxylation is 1. The standard InChI is InChI=1S/C74H60BN3/c1-5-6-24-54-39-40-56(51-27-13-8-14-28-51)46-68(54)77-67-44-41-55(50-25-11-7-12-26-50)45-64(67)75-63-43-42-58(76-65-37-21-19-33-61(65)62-34-20-22-38-66(62)76)49-69(63)78(71-48-57(74(2,3)4)47-70(77)72(71)75)73-59(52-29-15-9-16-30-52)35-23-36-60(73)53-31-17-10-18-32-53/h7-23,25-49H,5-6,24H2,1-4H3. The van der Waals surface area contributed by atoms with Crippen molar-refractivity contribution in [1.82, 2.24) is 4.57 Å². The van der Waals surface area contributed by atoms with E-state index in [1.54, 1.807) is 0 Å². The fourth-order valence-electron chi connectivity index (χ4n) is 12.7. The Morgan fingerprint density at radius 3 is 1.49 bits per heavy atom. The van der Waals surface area contributed by atoms with E-state index in [2.05, 4.69) is 297 Å². The van der Waals surface area contributed by atoms with Crippen LogP contribution in [0.15, 0.2) is 255 Å². The summed E-state index contributed by atoms with van der Waals surface area (Å²) in [6.07, 6.45) is 3.19.